The van der Waals surface area contributed by atoms with E-state index in [2.05, 4.69) is 58.9 Å². The van der Waals surface area contributed by atoms with Gasteiger partial charge in [0, 0.05) is 22.4 Å². The molecule has 2 aromatic carbocycles. The van der Waals surface area contributed by atoms with E-state index in [4.69, 9.17) is 5.73 Å². The van der Waals surface area contributed by atoms with E-state index in [9.17, 15) is 0 Å². The lowest BCUT2D eigenvalue weighted by molar-refractivity contribution is 1.02. The summed E-state index contributed by atoms with van der Waals surface area (Å²) in [6.07, 6.45) is 0. The molecule has 0 aliphatic rings. The highest BCUT2D eigenvalue weighted by molar-refractivity contribution is 9.10. The van der Waals surface area contributed by atoms with E-state index in [0.29, 0.717) is 0 Å². The highest BCUT2D eigenvalue weighted by Gasteiger charge is 2.10. The first-order chi connectivity index (χ1) is 8.61. The Labute approximate surface area is 117 Å². The molecule has 2 aromatic rings. The molecule has 0 atom stereocenters. The maximum absolute atomic E-state index is 5.78. The Bertz CT molecular complexity index is 535. The van der Waals surface area contributed by atoms with Gasteiger partial charge in [0.1, 0.15) is 0 Å². The molecular weight excluding hydrogens is 288 g/mol. The summed E-state index contributed by atoms with van der Waals surface area (Å²) in [6.45, 7) is 5.15. The van der Waals surface area contributed by atoms with Crippen LogP contribution in [-0.4, -0.2) is 6.54 Å². The fraction of sp³-hybridized carbons (Fsp3) is 0.200. The third kappa shape index (κ3) is 2.67. The summed E-state index contributed by atoms with van der Waals surface area (Å²) < 4.78 is 1.02. The maximum atomic E-state index is 5.78. The molecule has 3 heteroatoms. The molecule has 0 aliphatic carbocycles. The Balaban J connectivity index is 2.41. The maximum Gasteiger partial charge on any atom is 0.0556 e. The van der Waals surface area contributed by atoms with Crippen molar-refractivity contribution in [3.05, 3.63) is 52.5 Å². The van der Waals surface area contributed by atoms with Crippen LogP contribution in [0.25, 0.3) is 0 Å². The van der Waals surface area contributed by atoms with Gasteiger partial charge in [-0.05, 0) is 60.1 Å². The number of nitrogens with two attached hydrogens (primary N) is 1. The standard InChI is InChI=1S/C15H17BrN2/c1-3-18(13-7-4-11(2)5-8-13)15-9-6-12(17)10-14(15)16/h4-10H,3,17H2,1-2H3. The summed E-state index contributed by atoms with van der Waals surface area (Å²) in [4.78, 5) is 2.25. The molecular formula is C15H17BrN2. The number of nitrogen functional groups attached to an aromatic ring is 1. The SMILES string of the molecule is CCN(c1ccc(C)cc1)c1ccc(N)cc1Br. The zero-order chi connectivity index (χ0) is 13.1. The van der Waals surface area contributed by atoms with Crippen molar-refractivity contribution in [3.8, 4) is 0 Å². The number of benzene rings is 2. The monoisotopic (exact) mass is 304 g/mol. The van der Waals surface area contributed by atoms with Crippen molar-refractivity contribution in [1.29, 1.82) is 0 Å². The molecule has 0 aliphatic heterocycles. The number of rotatable bonds is 3. The molecule has 0 unspecified atom stereocenters. The van der Waals surface area contributed by atoms with Crippen LogP contribution in [0.2, 0.25) is 0 Å². The minimum absolute atomic E-state index is 0.769. The molecule has 2 N–H and O–H groups in total. The van der Waals surface area contributed by atoms with Gasteiger partial charge in [0.15, 0.2) is 0 Å². The van der Waals surface area contributed by atoms with Crippen molar-refractivity contribution in [1.82, 2.24) is 0 Å². The molecule has 0 bridgehead atoms. The number of nitrogens with zero attached hydrogens (tertiary/aromatic N) is 1. The molecule has 0 amide bonds. The molecule has 2 rings (SSSR count). The first-order valence-corrected chi connectivity index (χ1v) is 6.80. The Hall–Kier alpha value is -1.48. The molecule has 94 valence electrons. The van der Waals surface area contributed by atoms with Gasteiger partial charge in [0.05, 0.1) is 5.69 Å². The van der Waals surface area contributed by atoms with Crippen LogP contribution in [0.3, 0.4) is 0 Å². The molecule has 0 aromatic heterocycles. The van der Waals surface area contributed by atoms with E-state index in [1.807, 2.05) is 18.2 Å². The van der Waals surface area contributed by atoms with Crippen molar-refractivity contribution in [3.63, 3.8) is 0 Å². The van der Waals surface area contributed by atoms with Gasteiger partial charge in [-0.1, -0.05) is 17.7 Å². The number of halogens is 1. The predicted molar refractivity (Wildman–Crippen MR) is 82.4 cm³/mol. The first kappa shape index (κ1) is 13.0. The van der Waals surface area contributed by atoms with Gasteiger partial charge >= 0.3 is 0 Å². The summed E-state index contributed by atoms with van der Waals surface area (Å²) in [6, 6.07) is 14.4. The van der Waals surface area contributed by atoms with E-state index < -0.39 is 0 Å². The van der Waals surface area contributed by atoms with E-state index in [0.717, 1.165) is 22.4 Å². The van der Waals surface area contributed by atoms with Crippen LogP contribution in [0, 0.1) is 6.92 Å². The molecule has 2 nitrogen and oxygen atoms in total. The van der Waals surface area contributed by atoms with Crippen LogP contribution in [0.4, 0.5) is 17.1 Å². The van der Waals surface area contributed by atoms with Crippen molar-refractivity contribution in [2.45, 2.75) is 13.8 Å². The Morgan fingerprint density at radius 2 is 1.78 bits per heavy atom. The minimum Gasteiger partial charge on any atom is -0.399 e. The van der Waals surface area contributed by atoms with Crippen LogP contribution in [0.1, 0.15) is 12.5 Å². The second-order valence-electron chi connectivity index (χ2n) is 4.29. The topological polar surface area (TPSA) is 29.3 Å². The van der Waals surface area contributed by atoms with Crippen LogP contribution in [0.15, 0.2) is 46.9 Å². The van der Waals surface area contributed by atoms with Crippen LogP contribution in [0.5, 0.6) is 0 Å². The highest BCUT2D eigenvalue weighted by Crippen LogP contribution is 2.33. The summed E-state index contributed by atoms with van der Waals surface area (Å²) in [5, 5.41) is 0. The number of hydrogen-bond acceptors (Lipinski definition) is 2. The van der Waals surface area contributed by atoms with Gasteiger partial charge in [0.25, 0.3) is 0 Å². The smallest absolute Gasteiger partial charge is 0.0556 e. The summed E-state index contributed by atoms with van der Waals surface area (Å²) >= 11 is 3.58. The number of anilines is 3. The lowest BCUT2D eigenvalue weighted by Gasteiger charge is -2.24. The second-order valence-corrected chi connectivity index (χ2v) is 5.14. The van der Waals surface area contributed by atoms with Crippen LogP contribution >= 0.6 is 15.9 Å². The summed E-state index contributed by atoms with van der Waals surface area (Å²) in [7, 11) is 0. The average Bonchev–Trinajstić information content (AvgIpc) is 2.35. The molecule has 0 radical (unpaired) electrons. The molecule has 0 fully saturated rings. The van der Waals surface area contributed by atoms with Gasteiger partial charge in [-0.3, -0.25) is 0 Å². The number of aryl methyl sites for hydroxylation is 1. The summed E-state index contributed by atoms with van der Waals surface area (Å²) in [5.41, 5.74) is 10.1. The van der Waals surface area contributed by atoms with Crippen molar-refractivity contribution in [2.24, 2.45) is 0 Å². The average molecular weight is 305 g/mol. The Morgan fingerprint density at radius 3 is 2.33 bits per heavy atom. The fourth-order valence-electron chi connectivity index (χ4n) is 1.96. The van der Waals surface area contributed by atoms with Gasteiger partial charge in [-0.2, -0.15) is 0 Å². The quantitative estimate of drug-likeness (QED) is 0.846. The highest BCUT2D eigenvalue weighted by atomic mass is 79.9. The molecule has 18 heavy (non-hydrogen) atoms. The molecule has 0 heterocycles. The van der Waals surface area contributed by atoms with Gasteiger partial charge in [-0.15, -0.1) is 0 Å². The number of hydrogen-bond donors (Lipinski definition) is 1. The lowest BCUT2D eigenvalue weighted by atomic mass is 10.2. The van der Waals surface area contributed by atoms with Crippen molar-refractivity contribution < 1.29 is 0 Å². The summed E-state index contributed by atoms with van der Waals surface area (Å²) in [5.74, 6) is 0. The van der Waals surface area contributed by atoms with E-state index >= 15 is 0 Å². The predicted octanol–water partition coefficient (Wildman–Crippen LogP) is 4.50. The molecule has 0 saturated carbocycles. The molecule has 0 saturated heterocycles. The van der Waals surface area contributed by atoms with Crippen molar-refractivity contribution >= 4 is 33.0 Å². The van der Waals surface area contributed by atoms with Crippen LogP contribution < -0.4 is 10.6 Å². The van der Waals surface area contributed by atoms with Gasteiger partial charge in [0.2, 0.25) is 0 Å². The van der Waals surface area contributed by atoms with E-state index in [1.54, 1.807) is 0 Å². The zero-order valence-corrected chi connectivity index (χ0v) is 12.2. The van der Waals surface area contributed by atoms with Gasteiger partial charge < -0.3 is 10.6 Å². The lowest BCUT2D eigenvalue weighted by Crippen LogP contribution is -2.16. The molecule has 0 spiro atoms. The zero-order valence-electron chi connectivity index (χ0n) is 10.7. The normalized spacial score (nSPS) is 10.4. The van der Waals surface area contributed by atoms with E-state index in [-0.39, 0.29) is 0 Å². The van der Waals surface area contributed by atoms with Gasteiger partial charge in [-0.25, -0.2) is 0 Å². The Kier molecular flexibility index (Phi) is 3.92. The van der Waals surface area contributed by atoms with Crippen molar-refractivity contribution in [2.75, 3.05) is 17.2 Å². The minimum atomic E-state index is 0.769. The van der Waals surface area contributed by atoms with E-state index in [1.165, 1.54) is 11.3 Å². The third-order valence-electron chi connectivity index (χ3n) is 2.92. The second kappa shape index (κ2) is 5.44. The largest absolute Gasteiger partial charge is 0.399 e. The first-order valence-electron chi connectivity index (χ1n) is 6.01. The fourth-order valence-corrected chi connectivity index (χ4v) is 2.57. The third-order valence-corrected chi connectivity index (χ3v) is 3.56. The Morgan fingerprint density at radius 1 is 1.11 bits per heavy atom. The van der Waals surface area contributed by atoms with Crippen LogP contribution in [-0.2, 0) is 0 Å².